The van der Waals surface area contributed by atoms with Crippen LogP contribution in [0.3, 0.4) is 0 Å². The van der Waals surface area contributed by atoms with Crippen LogP contribution in [0.1, 0.15) is 26.7 Å². The van der Waals surface area contributed by atoms with Gasteiger partial charge in [-0.2, -0.15) is 0 Å². The molecule has 0 heterocycles. The van der Waals surface area contributed by atoms with Crippen molar-refractivity contribution < 1.29 is 4.74 Å². The van der Waals surface area contributed by atoms with Gasteiger partial charge in [0.15, 0.2) is 0 Å². The monoisotopic (exact) mass is 143 g/mol. The molecule has 1 rings (SSSR count). The van der Waals surface area contributed by atoms with Crippen LogP contribution in [0.25, 0.3) is 0 Å². The van der Waals surface area contributed by atoms with Crippen LogP contribution in [0, 0.1) is 5.41 Å². The van der Waals surface area contributed by atoms with Crippen molar-refractivity contribution in [3.63, 3.8) is 0 Å². The van der Waals surface area contributed by atoms with Crippen LogP contribution in [-0.2, 0) is 4.74 Å². The van der Waals surface area contributed by atoms with Crippen molar-refractivity contribution in [2.45, 2.75) is 32.3 Å². The van der Waals surface area contributed by atoms with Crippen LogP contribution >= 0.6 is 0 Å². The normalized spacial score (nSPS) is 22.8. The Hall–Kier alpha value is -0.0800. The van der Waals surface area contributed by atoms with Crippen LogP contribution in [0.5, 0.6) is 0 Å². The third kappa shape index (κ3) is 0.956. The Morgan fingerprint density at radius 1 is 1.50 bits per heavy atom. The van der Waals surface area contributed by atoms with Gasteiger partial charge in [0.1, 0.15) is 0 Å². The molecule has 2 N–H and O–H groups in total. The summed E-state index contributed by atoms with van der Waals surface area (Å²) >= 11 is 0. The summed E-state index contributed by atoms with van der Waals surface area (Å²) in [5.74, 6) is 0. The molecule has 2 heteroatoms. The van der Waals surface area contributed by atoms with Gasteiger partial charge in [0.25, 0.3) is 0 Å². The second kappa shape index (κ2) is 2.21. The fraction of sp³-hybridized carbons (Fsp3) is 1.00. The number of hydrogen-bond donors (Lipinski definition) is 1. The maximum absolute atomic E-state index is 5.65. The summed E-state index contributed by atoms with van der Waals surface area (Å²) in [5, 5.41) is 0. The standard InChI is InChI=1S/C8H17NO/c1-7(2,10-3)8(6-9)4-5-8/h4-6,9H2,1-3H3. The molecular weight excluding hydrogens is 126 g/mol. The van der Waals surface area contributed by atoms with E-state index >= 15 is 0 Å². The van der Waals surface area contributed by atoms with Crippen LogP contribution in [-0.4, -0.2) is 19.3 Å². The van der Waals surface area contributed by atoms with Crippen LogP contribution in [0.2, 0.25) is 0 Å². The Labute approximate surface area is 62.7 Å². The first-order valence-corrected chi connectivity index (χ1v) is 3.83. The molecule has 1 aliphatic rings. The molecule has 0 saturated heterocycles. The number of rotatable bonds is 3. The lowest BCUT2D eigenvalue weighted by Gasteiger charge is -2.32. The van der Waals surface area contributed by atoms with E-state index < -0.39 is 0 Å². The highest BCUT2D eigenvalue weighted by molar-refractivity contribution is 5.05. The molecule has 60 valence electrons. The molecule has 0 radical (unpaired) electrons. The summed E-state index contributed by atoms with van der Waals surface area (Å²) in [4.78, 5) is 0. The maximum Gasteiger partial charge on any atom is 0.0690 e. The highest BCUT2D eigenvalue weighted by Crippen LogP contribution is 2.54. The van der Waals surface area contributed by atoms with Crippen molar-refractivity contribution in [2.75, 3.05) is 13.7 Å². The first-order valence-electron chi connectivity index (χ1n) is 3.83. The van der Waals surface area contributed by atoms with Crippen LogP contribution in [0.15, 0.2) is 0 Å². The van der Waals surface area contributed by atoms with Crippen molar-refractivity contribution in [1.82, 2.24) is 0 Å². The fourth-order valence-electron chi connectivity index (χ4n) is 1.42. The summed E-state index contributed by atoms with van der Waals surface area (Å²) in [6, 6.07) is 0. The highest BCUT2D eigenvalue weighted by Gasteiger charge is 2.53. The minimum atomic E-state index is -0.0260. The molecule has 2 nitrogen and oxygen atoms in total. The minimum absolute atomic E-state index is 0.0260. The predicted octanol–water partition coefficient (Wildman–Crippen LogP) is 1.15. The molecule has 0 bridgehead atoms. The molecule has 1 aliphatic carbocycles. The van der Waals surface area contributed by atoms with Gasteiger partial charge in [-0.1, -0.05) is 0 Å². The molecule has 0 unspecified atom stereocenters. The largest absolute Gasteiger partial charge is 0.378 e. The zero-order valence-corrected chi connectivity index (χ0v) is 7.11. The van der Waals surface area contributed by atoms with E-state index in [1.165, 1.54) is 12.8 Å². The molecule has 1 saturated carbocycles. The van der Waals surface area contributed by atoms with Crippen molar-refractivity contribution in [3.05, 3.63) is 0 Å². The smallest absolute Gasteiger partial charge is 0.0690 e. The van der Waals surface area contributed by atoms with Crippen molar-refractivity contribution >= 4 is 0 Å². The Kier molecular flexibility index (Phi) is 1.77. The molecule has 0 spiro atoms. The van der Waals surface area contributed by atoms with E-state index in [4.69, 9.17) is 10.5 Å². The summed E-state index contributed by atoms with van der Waals surface area (Å²) in [7, 11) is 1.76. The zero-order chi connectivity index (χ0) is 7.83. The van der Waals surface area contributed by atoms with E-state index in [-0.39, 0.29) is 5.60 Å². The van der Waals surface area contributed by atoms with E-state index in [2.05, 4.69) is 13.8 Å². The van der Waals surface area contributed by atoms with Crippen molar-refractivity contribution in [1.29, 1.82) is 0 Å². The van der Waals surface area contributed by atoms with Crippen molar-refractivity contribution in [2.24, 2.45) is 11.1 Å². The Morgan fingerprint density at radius 2 is 2.00 bits per heavy atom. The van der Waals surface area contributed by atoms with Gasteiger partial charge in [-0.15, -0.1) is 0 Å². The fourth-order valence-corrected chi connectivity index (χ4v) is 1.42. The van der Waals surface area contributed by atoms with Gasteiger partial charge in [-0.3, -0.25) is 0 Å². The molecule has 0 aliphatic heterocycles. The molecular formula is C8H17NO. The van der Waals surface area contributed by atoms with Gasteiger partial charge >= 0.3 is 0 Å². The van der Waals surface area contributed by atoms with Gasteiger partial charge in [-0.25, -0.2) is 0 Å². The van der Waals surface area contributed by atoms with Crippen LogP contribution < -0.4 is 5.73 Å². The number of hydrogen-bond acceptors (Lipinski definition) is 2. The van der Waals surface area contributed by atoms with E-state index in [0.29, 0.717) is 5.41 Å². The third-order valence-corrected chi connectivity index (χ3v) is 3.03. The quantitative estimate of drug-likeness (QED) is 0.643. The molecule has 0 amide bonds. The topological polar surface area (TPSA) is 35.2 Å². The Balaban J connectivity index is 2.62. The van der Waals surface area contributed by atoms with Crippen LogP contribution in [0.4, 0.5) is 0 Å². The molecule has 0 aromatic heterocycles. The first kappa shape index (κ1) is 8.02. The van der Waals surface area contributed by atoms with E-state index in [1.54, 1.807) is 7.11 Å². The van der Waals surface area contributed by atoms with E-state index in [0.717, 1.165) is 6.54 Å². The average Bonchev–Trinajstić information content (AvgIpc) is 2.67. The van der Waals surface area contributed by atoms with Gasteiger partial charge in [0, 0.05) is 19.1 Å². The Bertz CT molecular complexity index is 123. The summed E-state index contributed by atoms with van der Waals surface area (Å²) in [6.07, 6.45) is 2.45. The zero-order valence-electron chi connectivity index (χ0n) is 7.11. The maximum atomic E-state index is 5.65. The Morgan fingerprint density at radius 3 is 2.10 bits per heavy atom. The molecule has 0 aromatic rings. The minimum Gasteiger partial charge on any atom is -0.378 e. The van der Waals surface area contributed by atoms with E-state index in [1.807, 2.05) is 0 Å². The first-order chi connectivity index (χ1) is 4.58. The summed E-state index contributed by atoms with van der Waals surface area (Å²) in [6.45, 7) is 4.99. The number of ether oxygens (including phenoxy) is 1. The second-order valence-electron chi connectivity index (χ2n) is 3.70. The predicted molar refractivity (Wildman–Crippen MR) is 41.8 cm³/mol. The van der Waals surface area contributed by atoms with Gasteiger partial charge in [0.2, 0.25) is 0 Å². The number of methoxy groups -OCH3 is 1. The molecule has 10 heavy (non-hydrogen) atoms. The lowest BCUT2D eigenvalue weighted by Crippen LogP contribution is -2.40. The SMILES string of the molecule is COC(C)(C)C1(CN)CC1. The molecule has 1 fully saturated rings. The van der Waals surface area contributed by atoms with Gasteiger partial charge in [0.05, 0.1) is 5.60 Å². The van der Waals surface area contributed by atoms with Gasteiger partial charge < -0.3 is 10.5 Å². The molecule has 0 aromatic carbocycles. The summed E-state index contributed by atoms with van der Waals surface area (Å²) in [5.41, 5.74) is 5.92. The third-order valence-electron chi connectivity index (χ3n) is 3.03. The number of nitrogens with two attached hydrogens (primary N) is 1. The average molecular weight is 143 g/mol. The highest BCUT2D eigenvalue weighted by atomic mass is 16.5. The lowest BCUT2D eigenvalue weighted by atomic mass is 9.87. The molecule has 0 atom stereocenters. The van der Waals surface area contributed by atoms with Gasteiger partial charge in [-0.05, 0) is 26.7 Å². The summed E-state index contributed by atoms with van der Waals surface area (Å²) < 4.78 is 5.38. The van der Waals surface area contributed by atoms with Crippen molar-refractivity contribution in [3.8, 4) is 0 Å². The second-order valence-corrected chi connectivity index (χ2v) is 3.70. The van der Waals surface area contributed by atoms with E-state index in [9.17, 15) is 0 Å². The lowest BCUT2D eigenvalue weighted by molar-refractivity contribution is -0.0370.